The lowest BCUT2D eigenvalue weighted by atomic mass is 10.0. The molecule has 1 N–H and O–H groups in total. The van der Waals surface area contributed by atoms with Crippen LogP contribution in [0.4, 0.5) is 0 Å². The minimum atomic E-state index is -0.935. The van der Waals surface area contributed by atoms with Gasteiger partial charge in [-0.05, 0) is 47.4 Å². The number of ether oxygens (including phenoxy) is 1. The van der Waals surface area contributed by atoms with E-state index >= 15 is 0 Å². The summed E-state index contributed by atoms with van der Waals surface area (Å²) < 4.78 is 5.59. The van der Waals surface area contributed by atoms with Gasteiger partial charge in [0.05, 0.1) is 24.6 Å². The first-order valence-electron chi connectivity index (χ1n) is 8.89. The van der Waals surface area contributed by atoms with Gasteiger partial charge in [0.15, 0.2) is 5.75 Å². The molecule has 5 heteroatoms. The summed E-state index contributed by atoms with van der Waals surface area (Å²) in [7, 11) is 0. The normalized spacial score (nSPS) is 10.3. The molecule has 3 rings (SSSR count). The van der Waals surface area contributed by atoms with Crippen molar-refractivity contribution in [3.63, 3.8) is 0 Å². The van der Waals surface area contributed by atoms with Gasteiger partial charge in [0.25, 0.3) is 0 Å². The van der Waals surface area contributed by atoms with Crippen LogP contribution in [-0.4, -0.2) is 27.7 Å². The van der Waals surface area contributed by atoms with E-state index in [2.05, 4.69) is 28.7 Å². The van der Waals surface area contributed by atoms with E-state index in [1.165, 1.54) is 0 Å². The van der Waals surface area contributed by atoms with Crippen LogP contribution in [0.2, 0.25) is 0 Å². The van der Waals surface area contributed by atoms with Gasteiger partial charge in [-0.1, -0.05) is 37.8 Å². The quantitative estimate of drug-likeness (QED) is 0.524. The molecule has 1 aromatic heterocycles. The number of hydrogen-bond acceptors (Lipinski definition) is 4. The fourth-order valence-corrected chi connectivity index (χ4v) is 2.58. The number of hydrogen-bond donors (Lipinski definition) is 1. The molecule has 5 nitrogen and oxygen atoms in total. The van der Waals surface area contributed by atoms with E-state index in [0.717, 1.165) is 35.6 Å². The Morgan fingerprint density at radius 3 is 2.52 bits per heavy atom. The van der Waals surface area contributed by atoms with E-state index < -0.39 is 5.97 Å². The largest absolute Gasteiger partial charge is 0.490 e. The summed E-state index contributed by atoms with van der Waals surface area (Å²) in [5.74, 6) is 6.12. The molecule has 2 aromatic carbocycles. The third-order valence-corrected chi connectivity index (χ3v) is 4.05. The topological polar surface area (TPSA) is 72.3 Å². The summed E-state index contributed by atoms with van der Waals surface area (Å²) in [6.07, 6.45) is 6.60. The first kappa shape index (κ1) is 18.4. The van der Waals surface area contributed by atoms with E-state index in [9.17, 15) is 4.79 Å². The summed E-state index contributed by atoms with van der Waals surface area (Å²) in [6.45, 7) is 2.82. The summed E-state index contributed by atoms with van der Waals surface area (Å²) in [5.41, 5.74) is 1.08. The smallest absolute Gasteiger partial charge is 0.335 e. The van der Waals surface area contributed by atoms with Crippen molar-refractivity contribution in [2.75, 3.05) is 6.61 Å². The molecule has 3 aromatic rings. The highest BCUT2D eigenvalue weighted by molar-refractivity contribution is 5.94. The number of carboxylic acid groups (broad SMARTS) is 1. The third kappa shape index (κ3) is 5.05. The number of aromatic nitrogens is 2. The lowest BCUT2D eigenvalue weighted by Gasteiger charge is -2.04. The van der Waals surface area contributed by atoms with E-state index in [4.69, 9.17) is 9.84 Å². The fraction of sp³-hybridized carbons (Fsp3) is 0.227. The standard InChI is InChI=1S/C22H20N2O3/c1-2-3-4-11-27-20-14-23-21(24-15-20)10-6-16-5-7-18-13-19(22(25)26)9-8-17(18)12-16/h5,7-9,12-15H,2-4,11H2,1H3,(H,25,26). The fourth-order valence-electron chi connectivity index (χ4n) is 2.58. The SMILES string of the molecule is CCCCCOc1cnc(C#Cc2ccc3cc(C(=O)O)ccc3c2)nc1. The molecule has 1 heterocycles. The molecular weight excluding hydrogens is 340 g/mol. The minimum Gasteiger partial charge on any atom is -0.490 e. The van der Waals surface area contributed by atoms with Crippen molar-refractivity contribution in [1.29, 1.82) is 0 Å². The molecule has 0 bridgehead atoms. The minimum absolute atomic E-state index is 0.270. The Balaban J connectivity index is 1.69. The summed E-state index contributed by atoms with van der Waals surface area (Å²) >= 11 is 0. The molecule has 27 heavy (non-hydrogen) atoms. The zero-order valence-corrected chi connectivity index (χ0v) is 15.1. The van der Waals surface area contributed by atoms with Gasteiger partial charge in [-0.15, -0.1) is 0 Å². The number of unbranched alkanes of at least 4 members (excludes halogenated alkanes) is 2. The molecule has 0 fully saturated rings. The van der Waals surface area contributed by atoms with E-state index in [-0.39, 0.29) is 5.56 Å². The molecule has 136 valence electrons. The molecule has 0 spiro atoms. The van der Waals surface area contributed by atoms with Crippen molar-refractivity contribution in [3.8, 4) is 17.6 Å². The van der Waals surface area contributed by atoms with Gasteiger partial charge in [-0.3, -0.25) is 0 Å². The zero-order chi connectivity index (χ0) is 19.1. The average Bonchev–Trinajstić information content (AvgIpc) is 2.70. The molecule has 0 radical (unpaired) electrons. The van der Waals surface area contributed by atoms with Crippen molar-refractivity contribution in [2.45, 2.75) is 26.2 Å². The maximum atomic E-state index is 11.0. The Kier molecular flexibility index (Phi) is 6.01. The molecule has 0 unspecified atom stereocenters. The van der Waals surface area contributed by atoms with Gasteiger partial charge < -0.3 is 9.84 Å². The van der Waals surface area contributed by atoms with Crippen molar-refractivity contribution < 1.29 is 14.6 Å². The van der Waals surface area contributed by atoms with Crippen LogP contribution in [0, 0.1) is 11.8 Å². The Bertz CT molecular complexity index is 1000. The van der Waals surface area contributed by atoms with Gasteiger partial charge in [-0.25, -0.2) is 14.8 Å². The second-order valence-corrected chi connectivity index (χ2v) is 6.13. The number of carboxylic acids is 1. The Labute approximate surface area is 158 Å². The molecular formula is C22H20N2O3. The molecule has 0 saturated heterocycles. The average molecular weight is 360 g/mol. The van der Waals surface area contributed by atoms with Crippen LogP contribution in [0.1, 0.15) is 47.9 Å². The van der Waals surface area contributed by atoms with Gasteiger partial charge in [0, 0.05) is 5.56 Å². The van der Waals surface area contributed by atoms with E-state index in [0.29, 0.717) is 18.2 Å². The molecule has 0 aliphatic rings. The predicted octanol–water partition coefficient (Wildman–Crippen LogP) is 4.30. The Hall–Kier alpha value is -3.39. The lowest BCUT2D eigenvalue weighted by Crippen LogP contribution is -1.99. The molecule has 0 aliphatic heterocycles. The summed E-state index contributed by atoms with van der Waals surface area (Å²) in [4.78, 5) is 19.5. The first-order valence-corrected chi connectivity index (χ1v) is 8.89. The van der Waals surface area contributed by atoms with Crippen molar-refractivity contribution in [1.82, 2.24) is 9.97 Å². The van der Waals surface area contributed by atoms with Gasteiger partial charge in [0.2, 0.25) is 5.82 Å². The van der Waals surface area contributed by atoms with Crippen LogP contribution >= 0.6 is 0 Å². The number of nitrogens with zero attached hydrogens (tertiary/aromatic N) is 2. The van der Waals surface area contributed by atoms with Crippen LogP contribution in [0.3, 0.4) is 0 Å². The highest BCUT2D eigenvalue weighted by Crippen LogP contribution is 2.18. The maximum absolute atomic E-state index is 11.0. The molecule has 0 amide bonds. The number of rotatable bonds is 6. The van der Waals surface area contributed by atoms with Crippen LogP contribution in [0.5, 0.6) is 5.75 Å². The Morgan fingerprint density at radius 2 is 1.78 bits per heavy atom. The van der Waals surface area contributed by atoms with Crippen LogP contribution in [0.25, 0.3) is 10.8 Å². The number of fused-ring (bicyclic) bond motifs is 1. The van der Waals surface area contributed by atoms with Crippen molar-refractivity contribution in [3.05, 3.63) is 65.7 Å². The number of benzene rings is 2. The number of aromatic carboxylic acids is 1. The summed E-state index contributed by atoms with van der Waals surface area (Å²) in [6, 6.07) is 10.7. The van der Waals surface area contributed by atoms with Gasteiger partial charge >= 0.3 is 5.97 Å². The van der Waals surface area contributed by atoms with Crippen LogP contribution in [0.15, 0.2) is 48.8 Å². The van der Waals surface area contributed by atoms with Gasteiger partial charge in [0.1, 0.15) is 0 Å². The maximum Gasteiger partial charge on any atom is 0.335 e. The van der Waals surface area contributed by atoms with E-state index in [1.54, 1.807) is 30.6 Å². The summed E-state index contributed by atoms with van der Waals surface area (Å²) in [5, 5.41) is 10.9. The lowest BCUT2D eigenvalue weighted by molar-refractivity contribution is 0.0697. The van der Waals surface area contributed by atoms with Crippen LogP contribution in [-0.2, 0) is 0 Å². The van der Waals surface area contributed by atoms with E-state index in [1.807, 2.05) is 18.2 Å². The molecule has 0 saturated carbocycles. The van der Waals surface area contributed by atoms with Crippen molar-refractivity contribution >= 4 is 16.7 Å². The number of carbonyl (C=O) groups is 1. The highest BCUT2D eigenvalue weighted by Gasteiger charge is 2.03. The third-order valence-electron chi connectivity index (χ3n) is 4.05. The molecule has 0 aliphatic carbocycles. The first-order chi connectivity index (χ1) is 13.2. The second kappa shape index (κ2) is 8.81. The Morgan fingerprint density at radius 1 is 1.04 bits per heavy atom. The zero-order valence-electron chi connectivity index (χ0n) is 15.1. The second-order valence-electron chi connectivity index (χ2n) is 6.13. The predicted molar refractivity (Wildman–Crippen MR) is 104 cm³/mol. The van der Waals surface area contributed by atoms with Crippen molar-refractivity contribution in [2.24, 2.45) is 0 Å². The highest BCUT2D eigenvalue weighted by atomic mass is 16.5. The monoisotopic (exact) mass is 360 g/mol. The van der Waals surface area contributed by atoms with Gasteiger partial charge in [-0.2, -0.15) is 0 Å². The molecule has 0 atom stereocenters. The van der Waals surface area contributed by atoms with Crippen LogP contribution < -0.4 is 4.74 Å².